The number of halogens is 1. The molecule has 0 aliphatic carbocycles. The molecule has 0 radical (unpaired) electrons. The van der Waals surface area contributed by atoms with E-state index in [-0.39, 0.29) is 42.5 Å². The summed E-state index contributed by atoms with van der Waals surface area (Å²) in [7, 11) is 1.77. The van der Waals surface area contributed by atoms with Gasteiger partial charge in [-0.1, -0.05) is 49.4 Å². The summed E-state index contributed by atoms with van der Waals surface area (Å²) in [6.07, 6.45) is 0.809. The van der Waals surface area contributed by atoms with Gasteiger partial charge in [-0.2, -0.15) is 0 Å². The fraction of sp³-hybridized carbons (Fsp3) is 0.391. The zero-order chi connectivity index (χ0) is 20.6. The molecule has 0 fully saturated rings. The molecule has 0 saturated heterocycles. The van der Waals surface area contributed by atoms with Crippen LogP contribution in [0.15, 0.2) is 59.6 Å². The Balaban J connectivity index is 0.00000320. The highest BCUT2D eigenvalue weighted by Crippen LogP contribution is 2.31. The molecular formula is C23H31IN4O2. The second-order valence-electron chi connectivity index (χ2n) is 7.29. The number of benzene rings is 2. The zero-order valence-corrected chi connectivity index (χ0v) is 20.1. The maximum Gasteiger partial charge on any atom is 0.265 e. The van der Waals surface area contributed by atoms with E-state index in [4.69, 9.17) is 4.74 Å². The molecule has 1 amide bonds. The lowest BCUT2D eigenvalue weighted by atomic mass is 9.94. The fourth-order valence-corrected chi connectivity index (χ4v) is 3.42. The second-order valence-corrected chi connectivity index (χ2v) is 7.29. The molecule has 1 heterocycles. The molecule has 30 heavy (non-hydrogen) atoms. The SMILES string of the molecule is CN=C(NCCCN1C(=O)COc2ccccc21)NC(C)C(C)c1ccccc1.I. The highest BCUT2D eigenvalue weighted by molar-refractivity contribution is 14.0. The maximum absolute atomic E-state index is 12.2. The molecule has 1 aliphatic heterocycles. The van der Waals surface area contributed by atoms with Gasteiger partial charge in [0, 0.05) is 32.1 Å². The molecule has 6 nitrogen and oxygen atoms in total. The average molecular weight is 522 g/mol. The lowest BCUT2D eigenvalue weighted by molar-refractivity contribution is -0.121. The third kappa shape index (κ3) is 6.10. The van der Waals surface area contributed by atoms with E-state index in [1.54, 1.807) is 11.9 Å². The van der Waals surface area contributed by atoms with Crippen LogP contribution in [0.1, 0.15) is 31.7 Å². The Bertz CT molecular complexity index is 844. The molecule has 0 saturated carbocycles. The first-order valence-electron chi connectivity index (χ1n) is 10.1. The van der Waals surface area contributed by atoms with Crippen LogP contribution in [0.2, 0.25) is 0 Å². The van der Waals surface area contributed by atoms with Crippen LogP contribution in [0.5, 0.6) is 5.75 Å². The zero-order valence-electron chi connectivity index (χ0n) is 17.8. The fourth-order valence-electron chi connectivity index (χ4n) is 3.42. The van der Waals surface area contributed by atoms with Crippen LogP contribution in [-0.4, -0.2) is 44.7 Å². The van der Waals surface area contributed by atoms with Gasteiger partial charge in [-0.3, -0.25) is 9.79 Å². The van der Waals surface area contributed by atoms with Gasteiger partial charge in [0.25, 0.3) is 5.91 Å². The standard InChI is InChI=1S/C23H30N4O2.HI/c1-17(19-10-5-4-6-11-19)18(2)26-23(24-3)25-14-9-15-27-20-12-7-8-13-21(20)29-16-22(27)28;/h4-8,10-13,17-18H,9,14-16H2,1-3H3,(H2,24,25,26);1H. The van der Waals surface area contributed by atoms with Crippen LogP contribution in [0.25, 0.3) is 0 Å². The van der Waals surface area contributed by atoms with Gasteiger partial charge in [-0.15, -0.1) is 24.0 Å². The number of carbonyl (C=O) groups excluding carboxylic acids is 1. The number of hydrogen-bond acceptors (Lipinski definition) is 3. The molecule has 0 bridgehead atoms. The first-order valence-corrected chi connectivity index (χ1v) is 10.1. The van der Waals surface area contributed by atoms with Crippen molar-refractivity contribution in [1.82, 2.24) is 10.6 Å². The summed E-state index contributed by atoms with van der Waals surface area (Å²) in [6.45, 7) is 5.83. The number of amides is 1. The Kier molecular flexibility index (Phi) is 9.42. The molecule has 0 aromatic heterocycles. The van der Waals surface area contributed by atoms with Gasteiger partial charge >= 0.3 is 0 Å². The molecule has 7 heteroatoms. The predicted molar refractivity (Wildman–Crippen MR) is 133 cm³/mol. The number of hydrogen-bond donors (Lipinski definition) is 2. The normalized spacial score (nSPS) is 15.4. The summed E-state index contributed by atoms with van der Waals surface area (Å²) >= 11 is 0. The summed E-state index contributed by atoms with van der Waals surface area (Å²) in [5.41, 5.74) is 2.14. The van der Waals surface area contributed by atoms with Crippen molar-refractivity contribution in [2.24, 2.45) is 4.99 Å². The van der Waals surface area contributed by atoms with Crippen molar-refractivity contribution in [2.75, 3.05) is 31.6 Å². The van der Waals surface area contributed by atoms with Crippen LogP contribution in [0.3, 0.4) is 0 Å². The Morgan fingerprint density at radius 3 is 2.57 bits per heavy atom. The molecule has 162 valence electrons. The summed E-state index contributed by atoms with van der Waals surface area (Å²) in [5, 5.41) is 6.82. The van der Waals surface area contributed by atoms with Gasteiger partial charge in [0.05, 0.1) is 5.69 Å². The van der Waals surface area contributed by atoms with E-state index in [1.165, 1.54) is 5.56 Å². The van der Waals surface area contributed by atoms with Crippen LogP contribution in [0.4, 0.5) is 5.69 Å². The lowest BCUT2D eigenvalue weighted by Gasteiger charge is -2.29. The molecule has 2 N–H and O–H groups in total. The van der Waals surface area contributed by atoms with Crippen molar-refractivity contribution in [2.45, 2.75) is 32.2 Å². The van der Waals surface area contributed by atoms with Gasteiger partial charge in [0.2, 0.25) is 0 Å². The number of guanidine groups is 1. The molecule has 2 aromatic carbocycles. The first-order chi connectivity index (χ1) is 14.1. The molecule has 1 aliphatic rings. The smallest absolute Gasteiger partial charge is 0.265 e. The quantitative estimate of drug-likeness (QED) is 0.252. The van der Waals surface area contributed by atoms with Crippen molar-refractivity contribution in [3.63, 3.8) is 0 Å². The number of ether oxygens (including phenoxy) is 1. The monoisotopic (exact) mass is 522 g/mol. The molecule has 0 spiro atoms. The second kappa shape index (κ2) is 11.8. The van der Waals surface area contributed by atoms with Crippen molar-refractivity contribution in [1.29, 1.82) is 0 Å². The van der Waals surface area contributed by atoms with Gasteiger partial charge < -0.3 is 20.3 Å². The largest absolute Gasteiger partial charge is 0.482 e. The van der Waals surface area contributed by atoms with Crippen LogP contribution >= 0.6 is 24.0 Å². The number of para-hydroxylation sites is 2. The number of rotatable bonds is 7. The Labute approximate surface area is 196 Å². The van der Waals surface area contributed by atoms with Crippen LogP contribution in [-0.2, 0) is 4.79 Å². The summed E-state index contributed by atoms with van der Waals surface area (Å²) in [5.74, 6) is 1.89. The van der Waals surface area contributed by atoms with Gasteiger partial charge in [-0.25, -0.2) is 0 Å². The highest BCUT2D eigenvalue weighted by atomic mass is 127. The van der Waals surface area contributed by atoms with Gasteiger partial charge in [-0.05, 0) is 31.0 Å². The Hall–Kier alpha value is -2.29. The summed E-state index contributed by atoms with van der Waals surface area (Å²) < 4.78 is 5.49. The number of fused-ring (bicyclic) bond motifs is 1. The average Bonchev–Trinajstić information content (AvgIpc) is 2.76. The highest BCUT2D eigenvalue weighted by Gasteiger charge is 2.24. The van der Waals surface area contributed by atoms with E-state index in [2.05, 4.69) is 53.7 Å². The van der Waals surface area contributed by atoms with Crippen molar-refractivity contribution in [3.8, 4) is 5.75 Å². The number of aliphatic imine (C=N–C) groups is 1. The van der Waals surface area contributed by atoms with Crippen molar-refractivity contribution in [3.05, 3.63) is 60.2 Å². The van der Waals surface area contributed by atoms with E-state index in [9.17, 15) is 4.79 Å². The molecular weight excluding hydrogens is 491 g/mol. The molecule has 3 rings (SSSR count). The minimum Gasteiger partial charge on any atom is -0.482 e. The van der Waals surface area contributed by atoms with Crippen molar-refractivity contribution >= 4 is 41.5 Å². The van der Waals surface area contributed by atoms with Gasteiger partial charge in [0.1, 0.15) is 5.75 Å². The Morgan fingerprint density at radius 2 is 1.83 bits per heavy atom. The predicted octanol–water partition coefficient (Wildman–Crippen LogP) is 3.78. The number of nitrogens with one attached hydrogen (secondary N) is 2. The van der Waals surface area contributed by atoms with E-state index in [1.807, 2.05) is 30.3 Å². The van der Waals surface area contributed by atoms with Crippen LogP contribution in [0, 0.1) is 0 Å². The molecule has 2 unspecified atom stereocenters. The van der Waals surface area contributed by atoms with E-state index >= 15 is 0 Å². The Morgan fingerprint density at radius 1 is 1.13 bits per heavy atom. The summed E-state index contributed by atoms with van der Waals surface area (Å²) in [4.78, 5) is 18.4. The number of carbonyl (C=O) groups is 1. The van der Waals surface area contributed by atoms with E-state index in [0.717, 1.165) is 30.4 Å². The van der Waals surface area contributed by atoms with E-state index in [0.29, 0.717) is 12.5 Å². The van der Waals surface area contributed by atoms with Crippen LogP contribution < -0.4 is 20.3 Å². The number of nitrogens with zero attached hydrogens (tertiary/aromatic N) is 2. The minimum atomic E-state index is -0.00323. The van der Waals surface area contributed by atoms with Gasteiger partial charge in [0.15, 0.2) is 12.6 Å². The maximum atomic E-state index is 12.2. The third-order valence-electron chi connectivity index (χ3n) is 5.32. The summed E-state index contributed by atoms with van der Waals surface area (Å²) in [6, 6.07) is 18.4. The van der Waals surface area contributed by atoms with E-state index < -0.39 is 0 Å². The topological polar surface area (TPSA) is 66.0 Å². The van der Waals surface area contributed by atoms with Crippen molar-refractivity contribution < 1.29 is 9.53 Å². The lowest BCUT2D eigenvalue weighted by Crippen LogP contribution is -2.45. The molecule has 2 aromatic rings. The third-order valence-corrected chi connectivity index (χ3v) is 5.32. The minimum absolute atomic E-state index is 0. The number of anilines is 1. The first kappa shape index (κ1) is 24.0. The molecule has 2 atom stereocenters.